The number of hydrogen-bond donors (Lipinski definition) is 1. The SMILES string of the molecule is CN=C1S[C@H](CC(=O)Nc2c(C)cccc2C)C(=O)N1/N=C\c1ccc(OC(F)F)c(OC)c1. The van der Waals surface area contributed by atoms with E-state index >= 15 is 0 Å². The van der Waals surface area contributed by atoms with Crippen LogP contribution in [0.3, 0.4) is 0 Å². The van der Waals surface area contributed by atoms with Crippen molar-refractivity contribution in [1.29, 1.82) is 0 Å². The molecule has 0 spiro atoms. The fourth-order valence-corrected chi connectivity index (χ4v) is 4.33. The number of ether oxygens (including phenoxy) is 2. The summed E-state index contributed by atoms with van der Waals surface area (Å²) in [6.45, 7) is 0.814. The van der Waals surface area contributed by atoms with E-state index in [0.29, 0.717) is 10.7 Å². The van der Waals surface area contributed by atoms with Gasteiger partial charge in [-0.1, -0.05) is 30.0 Å². The van der Waals surface area contributed by atoms with Crippen LogP contribution < -0.4 is 14.8 Å². The number of aryl methyl sites for hydroxylation is 2. The number of para-hydroxylation sites is 1. The molecule has 1 aliphatic heterocycles. The number of aliphatic imine (C=N–C) groups is 1. The Labute approximate surface area is 200 Å². The van der Waals surface area contributed by atoms with Gasteiger partial charge in [0.1, 0.15) is 5.25 Å². The maximum absolute atomic E-state index is 12.9. The number of alkyl halides is 2. The van der Waals surface area contributed by atoms with E-state index in [1.54, 1.807) is 0 Å². The number of nitrogens with zero attached hydrogens (tertiary/aromatic N) is 3. The number of amides is 2. The molecule has 0 aliphatic carbocycles. The molecule has 8 nitrogen and oxygen atoms in total. The van der Waals surface area contributed by atoms with Crippen LogP contribution in [-0.4, -0.2) is 54.2 Å². The fourth-order valence-electron chi connectivity index (χ4n) is 3.29. The molecule has 0 bridgehead atoms. The van der Waals surface area contributed by atoms with Crippen molar-refractivity contribution in [2.75, 3.05) is 19.5 Å². The topological polar surface area (TPSA) is 92.6 Å². The predicted molar refractivity (Wildman–Crippen MR) is 128 cm³/mol. The molecular weight excluding hydrogens is 466 g/mol. The van der Waals surface area contributed by atoms with Gasteiger partial charge in [-0.25, -0.2) is 0 Å². The van der Waals surface area contributed by atoms with Gasteiger partial charge in [0.2, 0.25) is 5.91 Å². The number of carbonyl (C=O) groups is 2. The molecule has 0 radical (unpaired) electrons. The molecule has 0 unspecified atom stereocenters. The zero-order chi connectivity index (χ0) is 24.8. The summed E-state index contributed by atoms with van der Waals surface area (Å²) in [5.74, 6) is -0.697. The fraction of sp³-hybridized carbons (Fsp3) is 0.304. The summed E-state index contributed by atoms with van der Waals surface area (Å²) >= 11 is 1.15. The molecule has 1 fully saturated rings. The van der Waals surface area contributed by atoms with Crippen molar-refractivity contribution in [1.82, 2.24) is 5.01 Å². The highest BCUT2D eigenvalue weighted by Gasteiger charge is 2.39. The highest BCUT2D eigenvalue weighted by Crippen LogP contribution is 2.32. The highest BCUT2D eigenvalue weighted by molar-refractivity contribution is 8.15. The molecule has 1 N–H and O–H groups in total. The zero-order valence-corrected chi connectivity index (χ0v) is 19.9. The van der Waals surface area contributed by atoms with Crippen molar-refractivity contribution >= 4 is 40.6 Å². The van der Waals surface area contributed by atoms with Gasteiger partial charge in [0, 0.05) is 19.2 Å². The molecular formula is C23H24F2N4O4S. The lowest BCUT2D eigenvalue weighted by Gasteiger charge is -2.13. The van der Waals surface area contributed by atoms with Gasteiger partial charge in [-0.05, 0) is 48.7 Å². The van der Waals surface area contributed by atoms with E-state index in [-0.39, 0.29) is 29.7 Å². The van der Waals surface area contributed by atoms with Crippen LogP contribution in [0.1, 0.15) is 23.1 Å². The molecule has 1 saturated heterocycles. The Bertz CT molecular complexity index is 1120. The van der Waals surface area contributed by atoms with Crippen LogP contribution in [0.15, 0.2) is 46.5 Å². The normalized spacial score (nSPS) is 17.1. The van der Waals surface area contributed by atoms with Gasteiger partial charge in [-0.3, -0.25) is 14.6 Å². The Morgan fingerprint density at radius 3 is 2.56 bits per heavy atom. The van der Waals surface area contributed by atoms with E-state index in [1.165, 1.54) is 38.6 Å². The lowest BCUT2D eigenvalue weighted by molar-refractivity contribution is -0.128. The molecule has 0 aromatic heterocycles. The van der Waals surface area contributed by atoms with Crippen LogP contribution in [0.5, 0.6) is 11.5 Å². The quantitative estimate of drug-likeness (QED) is 0.560. The molecule has 2 aromatic rings. The largest absolute Gasteiger partial charge is 0.493 e. The van der Waals surface area contributed by atoms with Crippen molar-refractivity contribution in [2.24, 2.45) is 10.1 Å². The van der Waals surface area contributed by atoms with Gasteiger partial charge in [0.25, 0.3) is 5.91 Å². The molecule has 3 rings (SSSR count). The van der Waals surface area contributed by atoms with E-state index in [4.69, 9.17) is 4.74 Å². The molecule has 34 heavy (non-hydrogen) atoms. The summed E-state index contributed by atoms with van der Waals surface area (Å²) < 4.78 is 34.5. The standard InChI is InChI=1S/C23H24F2N4O4S/c1-13-6-5-7-14(2)20(13)28-19(30)11-18-21(31)29(23(26-3)34-18)27-12-15-8-9-16(33-22(24)25)17(10-15)32-4/h5-10,12,18,22H,11H2,1-4H3,(H,28,30)/b26-23?,27-12-/t18-/m1/s1. The molecule has 2 aromatic carbocycles. The maximum Gasteiger partial charge on any atom is 0.387 e. The average Bonchev–Trinajstić information content (AvgIpc) is 3.09. The van der Waals surface area contributed by atoms with Gasteiger partial charge in [0.05, 0.1) is 13.3 Å². The van der Waals surface area contributed by atoms with E-state index < -0.39 is 11.9 Å². The third-order valence-electron chi connectivity index (χ3n) is 4.95. The summed E-state index contributed by atoms with van der Waals surface area (Å²) in [6, 6.07) is 9.98. The van der Waals surface area contributed by atoms with Crippen molar-refractivity contribution in [3.8, 4) is 11.5 Å². The Morgan fingerprint density at radius 1 is 1.24 bits per heavy atom. The zero-order valence-electron chi connectivity index (χ0n) is 19.0. The second kappa shape index (κ2) is 11.1. The molecule has 1 heterocycles. The second-order valence-electron chi connectivity index (χ2n) is 7.32. The number of anilines is 1. The number of hydrogen-bond acceptors (Lipinski definition) is 7. The summed E-state index contributed by atoms with van der Waals surface area (Å²) in [7, 11) is 2.85. The van der Waals surface area contributed by atoms with Gasteiger partial charge < -0.3 is 14.8 Å². The van der Waals surface area contributed by atoms with Crippen molar-refractivity contribution in [2.45, 2.75) is 32.1 Å². The van der Waals surface area contributed by atoms with Crippen LogP contribution in [-0.2, 0) is 9.59 Å². The number of thioether (sulfide) groups is 1. The minimum Gasteiger partial charge on any atom is -0.493 e. The summed E-state index contributed by atoms with van der Waals surface area (Å²) in [5, 5.41) is 7.86. The molecule has 11 heteroatoms. The minimum absolute atomic E-state index is 0.0458. The van der Waals surface area contributed by atoms with Crippen LogP contribution in [0, 0.1) is 13.8 Å². The molecule has 180 valence electrons. The maximum atomic E-state index is 12.9. The minimum atomic E-state index is -2.99. The van der Waals surface area contributed by atoms with E-state index in [2.05, 4.69) is 20.1 Å². The molecule has 1 aliphatic rings. The number of halogens is 2. The third-order valence-corrected chi connectivity index (χ3v) is 6.17. The lowest BCUT2D eigenvalue weighted by atomic mass is 10.1. The number of carbonyl (C=O) groups excluding carboxylic acids is 2. The third kappa shape index (κ3) is 5.90. The van der Waals surface area contributed by atoms with Crippen molar-refractivity contribution < 1.29 is 27.8 Å². The Balaban J connectivity index is 1.71. The summed E-state index contributed by atoms with van der Waals surface area (Å²) in [6.07, 6.45) is 1.33. The van der Waals surface area contributed by atoms with E-state index in [0.717, 1.165) is 33.6 Å². The Morgan fingerprint density at radius 2 is 1.94 bits per heavy atom. The molecule has 1 atom stereocenters. The number of hydrazone groups is 1. The van der Waals surface area contributed by atoms with Crippen LogP contribution in [0.25, 0.3) is 0 Å². The van der Waals surface area contributed by atoms with E-state index in [1.807, 2.05) is 32.0 Å². The van der Waals surface area contributed by atoms with Crippen molar-refractivity contribution in [3.63, 3.8) is 0 Å². The number of amidine groups is 1. The number of benzene rings is 2. The molecule has 0 saturated carbocycles. The first-order valence-corrected chi connectivity index (χ1v) is 11.1. The lowest BCUT2D eigenvalue weighted by Crippen LogP contribution is -2.30. The van der Waals surface area contributed by atoms with Crippen LogP contribution in [0.4, 0.5) is 14.5 Å². The monoisotopic (exact) mass is 490 g/mol. The summed E-state index contributed by atoms with van der Waals surface area (Å²) in [4.78, 5) is 29.6. The highest BCUT2D eigenvalue weighted by atomic mass is 32.2. The van der Waals surface area contributed by atoms with Crippen LogP contribution >= 0.6 is 11.8 Å². The van der Waals surface area contributed by atoms with Gasteiger partial charge >= 0.3 is 6.61 Å². The number of rotatable bonds is 8. The van der Waals surface area contributed by atoms with E-state index in [9.17, 15) is 18.4 Å². The predicted octanol–water partition coefficient (Wildman–Crippen LogP) is 4.21. The van der Waals surface area contributed by atoms with Crippen LogP contribution in [0.2, 0.25) is 0 Å². The van der Waals surface area contributed by atoms with Gasteiger partial charge in [-0.2, -0.15) is 18.9 Å². The average molecular weight is 491 g/mol. The number of nitrogens with one attached hydrogen (secondary N) is 1. The first-order valence-electron chi connectivity index (χ1n) is 10.2. The Hall–Kier alpha value is -3.47. The first-order chi connectivity index (χ1) is 16.2. The molecule has 2 amide bonds. The Kier molecular flexibility index (Phi) is 8.21. The summed E-state index contributed by atoms with van der Waals surface area (Å²) in [5.41, 5.74) is 3.08. The van der Waals surface area contributed by atoms with Crippen molar-refractivity contribution in [3.05, 3.63) is 53.1 Å². The number of methoxy groups -OCH3 is 1. The van der Waals surface area contributed by atoms with Gasteiger partial charge in [-0.15, -0.1) is 0 Å². The smallest absolute Gasteiger partial charge is 0.387 e. The first kappa shape index (κ1) is 25.2. The second-order valence-corrected chi connectivity index (χ2v) is 8.49. The van der Waals surface area contributed by atoms with Gasteiger partial charge in [0.15, 0.2) is 16.7 Å².